The Morgan fingerprint density at radius 3 is 2.54 bits per heavy atom. The molecule has 1 aliphatic rings. The number of aromatic nitrogens is 2. The van der Waals surface area contributed by atoms with Gasteiger partial charge in [-0.3, -0.25) is 13.9 Å². The first-order chi connectivity index (χ1) is 11.6. The zero-order valence-electron chi connectivity index (χ0n) is 13.8. The van der Waals surface area contributed by atoms with Gasteiger partial charge in [-0.05, 0) is 37.1 Å². The molecule has 1 aliphatic heterocycles. The first kappa shape index (κ1) is 14.8. The van der Waals surface area contributed by atoms with Crippen LogP contribution in [-0.4, -0.2) is 21.1 Å². The Morgan fingerprint density at radius 2 is 1.75 bits per heavy atom. The zero-order valence-corrected chi connectivity index (χ0v) is 13.8. The molecule has 0 aliphatic carbocycles. The molecular formula is C19H19N3O2. The molecule has 5 nitrogen and oxygen atoms in total. The van der Waals surface area contributed by atoms with Crippen molar-refractivity contribution in [2.45, 2.75) is 25.9 Å². The van der Waals surface area contributed by atoms with Crippen molar-refractivity contribution in [3.63, 3.8) is 0 Å². The molecule has 5 heteroatoms. The first-order valence-electron chi connectivity index (χ1n) is 8.12. The highest BCUT2D eigenvalue weighted by molar-refractivity contribution is 5.96. The van der Waals surface area contributed by atoms with E-state index in [9.17, 15) is 9.59 Å². The van der Waals surface area contributed by atoms with Crippen molar-refractivity contribution < 1.29 is 4.79 Å². The summed E-state index contributed by atoms with van der Waals surface area (Å²) in [7, 11) is 1.74. The van der Waals surface area contributed by atoms with Crippen molar-refractivity contribution in [3.8, 4) is 0 Å². The highest BCUT2D eigenvalue weighted by atomic mass is 16.2. The van der Waals surface area contributed by atoms with E-state index in [2.05, 4.69) is 6.07 Å². The number of carbonyl (C=O) groups excluding carboxylic acids is 1. The molecule has 122 valence electrons. The topological polar surface area (TPSA) is 47.2 Å². The average molecular weight is 321 g/mol. The molecule has 2 aromatic carbocycles. The lowest BCUT2D eigenvalue weighted by atomic mass is 10.1. The normalized spacial score (nSPS) is 16.6. The van der Waals surface area contributed by atoms with E-state index in [-0.39, 0.29) is 24.2 Å². The third-order valence-electron chi connectivity index (χ3n) is 4.82. The largest absolute Gasteiger partial charge is 0.329 e. The van der Waals surface area contributed by atoms with E-state index < -0.39 is 0 Å². The number of aryl methyl sites for hydroxylation is 1. The zero-order chi connectivity index (χ0) is 16.8. The van der Waals surface area contributed by atoms with Crippen molar-refractivity contribution in [1.29, 1.82) is 0 Å². The van der Waals surface area contributed by atoms with Crippen LogP contribution in [0.5, 0.6) is 0 Å². The molecule has 1 atom stereocenters. The minimum Gasteiger partial charge on any atom is -0.307 e. The Bertz CT molecular complexity index is 999. The summed E-state index contributed by atoms with van der Waals surface area (Å²) in [5.74, 6) is -0.0501. The number of imidazole rings is 1. The number of fused-ring (bicyclic) bond motifs is 2. The number of nitrogens with zero attached hydrogens (tertiary/aromatic N) is 3. The minimum absolute atomic E-state index is 0.0501. The van der Waals surface area contributed by atoms with Crippen LogP contribution >= 0.6 is 0 Å². The van der Waals surface area contributed by atoms with Crippen LogP contribution in [0.3, 0.4) is 0 Å². The molecule has 3 aromatic rings. The van der Waals surface area contributed by atoms with E-state index in [0.717, 1.165) is 23.1 Å². The van der Waals surface area contributed by atoms with Crippen LogP contribution in [0.25, 0.3) is 11.0 Å². The molecule has 1 amide bonds. The molecule has 2 heterocycles. The van der Waals surface area contributed by atoms with E-state index in [1.807, 2.05) is 54.3 Å². The quantitative estimate of drug-likeness (QED) is 0.727. The number of anilines is 1. The summed E-state index contributed by atoms with van der Waals surface area (Å²) in [4.78, 5) is 27.3. The molecule has 4 rings (SSSR count). The Labute approximate surface area is 139 Å². The summed E-state index contributed by atoms with van der Waals surface area (Å²) in [6.07, 6.45) is 0.854. The van der Waals surface area contributed by atoms with Crippen LogP contribution in [0.1, 0.15) is 12.5 Å². The molecule has 0 saturated carbocycles. The summed E-state index contributed by atoms with van der Waals surface area (Å²) in [6, 6.07) is 15.6. The summed E-state index contributed by atoms with van der Waals surface area (Å²) >= 11 is 0. The van der Waals surface area contributed by atoms with Crippen LogP contribution in [0.2, 0.25) is 0 Å². The first-order valence-corrected chi connectivity index (χ1v) is 8.12. The Hall–Kier alpha value is -2.82. The maximum atomic E-state index is 12.9. The number of hydrogen-bond acceptors (Lipinski definition) is 2. The third kappa shape index (κ3) is 2.08. The Morgan fingerprint density at radius 1 is 1.08 bits per heavy atom. The lowest BCUT2D eigenvalue weighted by molar-refractivity contribution is -0.119. The van der Waals surface area contributed by atoms with Crippen molar-refractivity contribution in [1.82, 2.24) is 9.13 Å². The highest BCUT2D eigenvalue weighted by Crippen LogP contribution is 2.32. The number of carbonyl (C=O) groups is 1. The number of benzene rings is 2. The fourth-order valence-electron chi connectivity index (χ4n) is 3.67. The van der Waals surface area contributed by atoms with Gasteiger partial charge in [0, 0.05) is 18.8 Å². The molecular weight excluding hydrogens is 302 g/mol. The fraction of sp³-hybridized carbons (Fsp3) is 0.263. The van der Waals surface area contributed by atoms with Crippen molar-refractivity contribution in [2.24, 2.45) is 7.05 Å². The molecule has 24 heavy (non-hydrogen) atoms. The van der Waals surface area contributed by atoms with Crippen molar-refractivity contribution >= 4 is 22.6 Å². The van der Waals surface area contributed by atoms with E-state index in [1.54, 1.807) is 16.2 Å². The molecule has 0 fully saturated rings. The van der Waals surface area contributed by atoms with Crippen LogP contribution < -0.4 is 10.6 Å². The number of hydrogen-bond donors (Lipinski definition) is 0. The van der Waals surface area contributed by atoms with Crippen LogP contribution in [0.4, 0.5) is 5.69 Å². The van der Waals surface area contributed by atoms with Gasteiger partial charge in [-0.1, -0.05) is 30.3 Å². The van der Waals surface area contributed by atoms with Gasteiger partial charge >= 0.3 is 5.69 Å². The second-order valence-electron chi connectivity index (χ2n) is 6.36. The molecule has 1 aromatic heterocycles. The summed E-state index contributed by atoms with van der Waals surface area (Å²) < 4.78 is 3.15. The molecule has 0 spiro atoms. The maximum Gasteiger partial charge on any atom is 0.329 e. The van der Waals surface area contributed by atoms with Crippen LogP contribution in [0.15, 0.2) is 53.3 Å². The lowest BCUT2D eigenvalue weighted by Crippen LogP contribution is -2.40. The monoisotopic (exact) mass is 321 g/mol. The van der Waals surface area contributed by atoms with Crippen molar-refractivity contribution in [2.75, 3.05) is 4.90 Å². The highest BCUT2D eigenvalue weighted by Gasteiger charge is 2.31. The van der Waals surface area contributed by atoms with Gasteiger partial charge in [0.25, 0.3) is 0 Å². The van der Waals surface area contributed by atoms with Gasteiger partial charge in [0.1, 0.15) is 6.54 Å². The number of rotatable bonds is 2. The van der Waals surface area contributed by atoms with E-state index in [1.165, 1.54) is 5.56 Å². The number of para-hydroxylation sites is 3. The molecule has 0 saturated heterocycles. The van der Waals surface area contributed by atoms with Crippen molar-refractivity contribution in [3.05, 3.63) is 64.6 Å². The fourth-order valence-corrected chi connectivity index (χ4v) is 3.67. The molecule has 0 N–H and O–H groups in total. The van der Waals surface area contributed by atoms with E-state index in [0.29, 0.717) is 0 Å². The van der Waals surface area contributed by atoms with E-state index >= 15 is 0 Å². The van der Waals surface area contributed by atoms with Gasteiger partial charge in [-0.25, -0.2) is 4.79 Å². The predicted octanol–water partition coefficient (Wildman–Crippen LogP) is 2.32. The van der Waals surface area contributed by atoms with Gasteiger partial charge in [-0.2, -0.15) is 0 Å². The molecule has 0 bridgehead atoms. The van der Waals surface area contributed by atoms with Gasteiger partial charge in [-0.15, -0.1) is 0 Å². The average Bonchev–Trinajstić information content (AvgIpc) is 3.04. The Balaban J connectivity index is 1.74. The van der Waals surface area contributed by atoms with Gasteiger partial charge < -0.3 is 4.90 Å². The number of amides is 1. The third-order valence-corrected chi connectivity index (χ3v) is 4.82. The van der Waals surface area contributed by atoms with Gasteiger partial charge in [0.05, 0.1) is 11.0 Å². The van der Waals surface area contributed by atoms with Gasteiger partial charge in [0.15, 0.2) is 0 Å². The SMILES string of the molecule is C[C@@H]1Cc2ccccc2N1C(=O)Cn1c(=O)n(C)c2ccccc21. The van der Waals surface area contributed by atoms with E-state index in [4.69, 9.17) is 0 Å². The second kappa shape index (κ2) is 5.37. The molecule has 0 unspecified atom stereocenters. The maximum absolute atomic E-state index is 12.9. The lowest BCUT2D eigenvalue weighted by Gasteiger charge is -2.23. The summed E-state index contributed by atoms with van der Waals surface area (Å²) in [5, 5.41) is 0. The predicted molar refractivity (Wildman–Crippen MR) is 94.3 cm³/mol. The Kier molecular flexibility index (Phi) is 3.30. The smallest absolute Gasteiger partial charge is 0.307 e. The van der Waals surface area contributed by atoms with Gasteiger partial charge in [0.2, 0.25) is 5.91 Å². The minimum atomic E-state index is -0.162. The van der Waals surface area contributed by atoms with Crippen LogP contribution in [-0.2, 0) is 24.8 Å². The second-order valence-corrected chi connectivity index (χ2v) is 6.36. The van der Waals surface area contributed by atoms with Crippen LogP contribution in [0, 0.1) is 0 Å². The molecule has 0 radical (unpaired) electrons. The standard InChI is InChI=1S/C19H19N3O2/c1-13-11-14-7-3-4-8-15(14)22(13)18(23)12-21-17-10-6-5-9-16(17)20(2)19(21)24/h3-10,13H,11-12H2,1-2H3/t13-/m1/s1. The summed E-state index contributed by atoms with van der Waals surface area (Å²) in [5.41, 5.74) is 3.61. The summed E-state index contributed by atoms with van der Waals surface area (Å²) in [6.45, 7) is 2.10.